The number of piperidine rings is 1. The van der Waals surface area contributed by atoms with E-state index in [4.69, 9.17) is 0 Å². The Kier molecular flexibility index (Phi) is 8.11. The standard InChI is InChI=1S/C22H36N4O/c1-2-24-14-16-25(17-15-24)13-7-11-23-22(27)21-10-6-12-26(19-21)18-20-8-4-3-5-9-20/h3-5,8-9,21H,2,6-7,10-19H2,1H3,(H,23,27). The summed E-state index contributed by atoms with van der Waals surface area (Å²) in [5.74, 6) is 0.402. The third kappa shape index (κ3) is 6.59. The Balaban J connectivity index is 1.32. The van der Waals surface area contributed by atoms with Gasteiger partial charge in [0, 0.05) is 45.8 Å². The molecule has 1 N–H and O–H groups in total. The molecule has 0 radical (unpaired) electrons. The number of likely N-dealkylation sites (tertiary alicyclic amines) is 1. The number of benzene rings is 1. The zero-order valence-corrected chi connectivity index (χ0v) is 16.9. The number of carbonyl (C=O) groups excluding carboxylic acids is 1. The highest BCUT2D eigenvalue weighted by Crippen LogP contribution is 2.18. The molecule has 2 aliphatic rings. The molecule has 1 atom stereocenters. The van der Waals surface area contributed by atoms with Crippen molar-refractivity contribution in [3.63, 3.8) is 0 Å². The summed E-state index contributed by atoms with van der Waals surface area (Å²) in [5.41, 5.74) is 1.33. The topological polar surface area (TPSA) is 38.8 Å². The zero-order chi connectivity index (χ0) is 18.9. The molecule has 3 rings (SSSR count). The van der Waals surface area contributed by atoms with Gasteiger partial charge in [-0.1, -0.05) is 37.3 Å². The molecule has 0 aliphatic carbocycles. The van der Waals surface area contributed by atoms with Crippen LogP contribution in [0.4, 0.5) is 0 Å². The first-order valence-corrected chi connectivity index (χ1v) is 10.7. The average molecular weight is 373 g/mol. The van der Waals surface area contributed by atoms with Crippen LogP contribution in [0, 0.1) is 5.92 Å². The van der Waals surface area contributed by atoms with Gasteiger partial charge in [0.25, 0.3) is 0 Å². The lowest BCUT2D eigenvalue weighted by atomic mass is 9.96. The Morgan fingerprint density at radius 1 is 1.04 bits per heavy atom. The summed E-state index contributed by atoms with van der Waals surface area (Å²) < 4.78 is 0. The molecule has 5 heteroatoms. The van der Waals surface area contributed by atoms with Crippen molar-refractivity contribution in [2.45, 2.75) is 32.7 Å². The van der Waals surface area contributed by atoms with Gasteiger partial charge >= 0.3 is 0 Å². The van der Waals surface area contributed by atoms with Crippen LogP contribution in [0.3, 0.4) is 0 Å². The molecule has 1 aromatic carbocycles. The first-order valence-electron chi connectivity index (χ1n) is 10.7. The Morgan fingerprint density at radius 2 is 1.78 bits per heavy atom. The van der Waals surface area contributed by atoms with Crippen LogP contribution in [0.25, 0.3) is 0 Å². The van der Waals surface area contributed by atoms with Crippen molar-refractivity contribution in [1.82, 2.24) is 20.0 Å². The van der Waals surface area contributed by atoms with Crippen molar-refractivity contribution in [1.29, 1.82) is 0 Å². The Bertz CT molecular complexity index is 557. The van der Waals surface area contributed by atoms with Gasteiger partial charge in [0.05, 0.1) is 5.92 Å². The summed E-state index contributed by atoms with van der Waals surface area (Å²) in [7, 11) is 0. The van der Waals surface area contributed by atoms with Crippen LogP contribution < -0.4 is 5.32 Å². The molecular formula is C22H36N4O. The zero-order valence-electron chi connectivity index (χ0n) is 16.9. The average Bonchev–Trinajstić information content (AvgIpc) is 2.72. The van der Waals surface area contributed by atoms with Gasteiger partial charge in [-0.3, -0.25) is 9.69 Å². The van der Waals surface area contributed by atoms with E-state index < -0.39 is 0 Å². The van der Waals surface area contributed by atoms with Gasteiger partial charge in [0.1, 0.15) is 0 Å². The molecule has 5 nitrogen and oxygen atoms in total. The predicted octanol–water partition coefficient (Wildman–Crippen LogP) is 2.04. The third-order valence-electron chi connectivity index (χ3n) is 5.99. The van der Waals surface area contributed by atoms with Crippen molar-refractivity contribution in [2.75, 3.05) is 58.9 Å². The minimum atomic E-state index is 0.149. The molecule has 2 aliphatic heterocycles. The Labute approximate surface area is 164 Å². The van der Waals surface area contributed by atoms with Crippen LogP contribution in [0.2, 0.25) is 0 Å². The molecule has 2 heterocycles. The molecule has 0 spiro atoms. The lowest BCUT2D eigenvalue weighted by Crippen LogP contribution is -2.47. The van der Waals surface area contributed by atoms with Crippen LogP contribution >= 0.6 is 0 Å². The molecule has 2 fully saturated rings. The van der Waals surface area contributed by atoms with E-state index in [0.717, 1.165) is 58.5 Å². The number of hydrogen-bond acceptors (Lipinski definition) is 4. The van der Waals surface area contributed by atoms with Gasteiger partial charge < -0.3 is 15.1 Å². The number of nitrogens with zero attached hydrogens (tertiary/aromatic N) is 3. The highest BCUT2D eigenvalue weighted by molar-refractivity contribution is 5.78. The third-order valence-corrected chi connectivity index (χ3v) is 5.99. The molecule has 0 aromatic heterocycles. The monoisotopic (exact) mass is 372 g/mol. The Morgan fingerprint density at radius 3 is 2.52 bits per heavy atom. The van der Waals surface area contributed by atoms with Gasteiger partial charge in [0.15, 0.2) is 0 Å². The normalized spacial score (nSPS) is 22.6. The lowest BCUT2D eigenvalue weighted by Gasteiger charge is -2.34. The number of rotatable bonds is 8. The fourth-order valence-corrected chi connectivity index (χ4v) is 4.24. The number of amides is 1. The minimum Gasteiger partial charge on any atom is -0.356 e. The molecule has 1 unspecified atom stereocenters. The molecule has 2 saturated heterocycles. The number of nitrogens with one attached hydrogen (secondary N) is 1. The lowest BCUT2D eigenvalue weighted by molar-refractivity contribution is -0.126. The van der Waals surface area contributed by atoms with Gasteiger partial charge in [-0.2, -0.15) is 0 Å². The largest absolute Gasteiger partial charge is 0.356 e. The van der Waals surface area contributed by atoms with Gasteiger partial charge in [-0.25, -0.2) is 0 Å². The van der Waals surface area contributed by atoms with Crippen LogP contribution in [0.15, 0.2) is 30.3 Å². The van der Waals surface area contributed by atoms with Crippen molar-refractivity contribution in [3.05, 3.63) is 35.9 Å². The first-order chi connectivity index (χ1) is 13.2. The maximum Gasteiger partial charge on any atom is 0.224 e. The summed E-state index contributed by atoms with van der Waals surface area (Å²) in [6.45, 7) is 12.9. The minimum absolute atomic E-state index is 0.149. The van der Waals surface area contributed by atoms with E-state index in [1.165, 1.54) is 31.7 Å². The van der Waals surface area contributed by atoms with Gasteiger partial charge in [-0.05, 0) is 44.5 Å². The quantitative estimate of drug-likeness (QED) is 0.709. The second-order valence-corrected chi connectivity index (χ2v) is 7.98. The fourth-order valence-electron chi connectivity index (χ4n) is 4.24. The van der Waals surface area contributed by atoms with Crippen molar-refractivity contribution in [3.8, 4) is 0 Å². The highest BCUT2D eigenvalue weighted by Gasteiger charge is 2.25. The molecule has 1 amide bonds. The van der Waals surface area contributed by atoms with Crippen LogP contribution in [-0.4, -0.2) is 79.5 Å². The summed E-state index contributed by atoms with van der Waals surface area (Å²) in [5, 5.41) is 3.19. The second-order valence-electron chi connectivity index (χ2n) is 7.98. The number of likely N-dealkylation sites (N-methyl/N-ethyl adjacent to an activating group) is 1. The van der Waals surface area contributed by atoms with E-state index in [-0.39, 0.29) is 11.8 Å². The summed E-state index contributed by atoms with van der Waals surface area (Å²) in [6.07, 6.45) is 3.20. The van der Waals surface area contributed by atoms with Crippen LogP contribution in [0.5, 0.6) is 0 Å². The van der Waals surface area contributed by atoms with Crippen molar-refractivity contribution < 1.29 is 4.79 Å². The SMILES string of the molecule is CCN1CCN(CCCNC(=O)C2CCCN(Cc3ccccc3)C2)CC1. The van der Waals surface area contributed by atoms with E-state index >= 15 is 0 Å². The van der Waals surface area contributed by atoms with Gasteiger partial charge in [0.2, 0.25) is 5.91 Å². The van der Waals surface area contributed by atoms with E-state index in [0.29, 0.717) is 0 Å². The van der Waals surface area contributed by atoms with E-state index in [2.05, 4.69) is 57.3 Å². The number of hydrogen-bond donors (Lipinski definition) is 1. The van der Waals surface area contributed by atoms with Crippen LogP contribution in [0.1, 0.15) is 31.7 Å². The van der Waals surface area contributed by atoms with E-state index in [1.54, 1.807) is 0 Å². The molecule has 0 saturated carbocycles. The Hall–Kier alpha value is -1.43. The maximum atomic E-state index is 12.6. The molecule has 27 heavy (non-hydrogen) atoms. The van der Waals surface area contributed by atoms with Crippen molar-refractivity contribution >= 4 is 5.91 Å². The smallest absolute Gasteiger partial charge is 0.224 e. The van der Waals surface area contributed by atoms with Gasteiger partial charge in [-0.15, -0.1) is 0 Å². The van der Waals surface area contributed by atoms with E-state index in [1.807, 2.05) is 0 Å². The maximum absolute atomic E-state index is 12.6. The number of carbonyl (C=O) groups is 1. The molecule has 1 aromatic rings. The van der Waals surface area contributed by atoms with Crippen molar-refractivity contribution in [2.24, 2.45) is 5.92 Å². The molecule has 0 bridgehead atoms. The predicted molar refractivity (Wildman–Crippen MR) is 111 cm³/mol. The van der Waals surface area contributed by atoms with Crippen LogP contribution in [-0.2, 0) is 11.3 Å². The second kappa shape index (κ2) is 10.8. The summed E-state index contributed by atoms with van der Waals surface area (Å²) >= 11 is 0. The fraction of sp³-hybridized carbons (Fsp3) is 0.682. The molecule has 150 valence electrons. The number of piperazine rings is 1. The highest BCUT2D eigenvalue weighted by atomic mass is 16.1. The summed E-state index contributed by atoms with van der Waals surface area (Å²) in [6, 6.07) is 10.6. The summed E-state index contributed by atoms with van der Waals surface area (Å²) in [4.78, 5) is 20.0. The first kappa shape index (κ1) is 20.3. The molecular weight excluding hydrogens is 336 g/mol. The van der Waals surface area contributed by atoms with E-state index in [9.17, 15) is 4.79 Å².